The number of benzene rings is 1. The van der Waals surface area contributed by atoms with Crippen LogP contribution in [-0.4, -0.2) is 15.0 Å². The fourth-order valence-electron chi connectivity index (χ4n) is 2.37. The van der Waals surface area contributed by atoms with Crippen molar-refractivity contribution in [2.24, 2.45) is 0 Å². The lowest BCUT2D eigenvalue weighted by Crippen LogP contribution is -1.96. The SMILES string of the molecule is Cc1ccc(-c2csc(NCc3cnc(Nc4ccccn4)s3)n2)cc1.Cl.Cl.Cl. The third-order valence-electron chi connectivity index (χ3n) is 3.72. The maximum absolute atomic E-state index is 4.67. The molecule has 4 aromatic rings. The molecule has 154 valence electrons. The van der Waals surface area contributed by atoms with Crippen molar-refractivity contribution in [2.75, 3.05) is 10.6 Å². The van der Waals surface area contributed by atoms with Crippen molar-refractivity contribution in [2.45, 2.75) is 13.5 Å². The maximum atomic E-state index is 4.67. The third kappa shape index (κ3) is 6.83. The minimum absolute atomic E-state index is 0. The molecule has 0 amide bonds. The van der Waals surface area contributed by atoms with Crippen LogP contribution in [0.5, 0.6) is 0 Å². The average molecular weight is 489 g/mol. The molecular formula is C19H20Cl3N5S2. The molecular weight excluding hydrogens is 469 g/mol. The molecule has 0 atom stereocenters. The molecule has 3 aromatic heterocycles. The van der Waals surface area contributed by atoms with Crippen LogP contribution in [0, 0.1) is 6.92 Å². The van der Waals surface area contributed by atoms with E-state index in [1.165, 1.54) is 5.56 Å². The Kier molecular flexibility index (Phi) is 10.4. The first-order valence-electron chi connectivity index (χ1n) is 8.15. The van der Waals surface area contributed by atoms with Gasteiger partial charge in [0, 0.05) is 28.2 Å². The van der Waals surface area contributed by atoms with Crippen LogP contribution in [0.25, 0.3) is 11.3 Å². The van der Waals surface area contributed by atoms with Gasteiger partial charge in [-0.3, -0.25) is 0 Å². The summed E-state index contributed by atoms with van der Waals surface area (Å²) in [5.74, 6) is 0.795. The summed E-state index contributed by atoms with van der Waals surface area (Å²) in [5, 5.41) is 10.4. The molecule has 0 saturated heterocycles. The van der Waals surface area contributed by atoms with Crippen molar-refractivity contribution < 1.29 is 0 Å². The summed E-state index contributed by atoms with van der Waals surface area (Å²) in [6.45, 7) is 2.78. The quantitative estimate of drug-likeness (QED) is 0.320. The normalized spacial score (nSPS) is 9.55. The van der Waals surface area contributed by atoms with Crippen LogP contribution in [-0.2, 0) is 6.54 Å². The highest BCUT2D eigenvalue weighted by Crippen LogP contribution is 2.27. The Balaban J connectivity index is 0.00000140. The number of aromatic nitrogens is 3. The molecule has 0 spiro atoms. The van der Waals surface area contributed by atoms with Crippen LogP contribution in [0.4, 0.5) is 16.1 Å². The largest absolute Gasteiger partial charge is 0.357 e. The summed E-state index contributed by atoms with van der Waals surface area (Å²) in [4.78, 5) is 14.4. The lowest BCUT2D eigenvalue weighted by atomic mass is 10.1. The van der Waals surface area contributed by atoms with E-state index >= 15 is 0 Å². The number of halogens is 3. The van der Waals surface area contributed by atoms with Gasteiger partial charge in [-0.05, 0) is 19.1 Å². The first kappa shape index (κ1) is 25.1. The van der Waals surface area contributed by atoms with Crippen LogP contribution in [0.2, 0.25) is 0 Å². The fourth-order valence-corrected chi connectivity index (χ4v) is 3.85. The van der Waals surface area contributed by atoms with Gasteiger partial charge in [0.15, 0.2) is 10.3 Å². The Hall–Kier alpha value is -1.90. The minimum Gasteiger partial charge on any atom is -0.357 e. The molecule has 2 N–H and O–H groups in total. The van der Waals surface area contributed by atoms with Crippen molar-refractivity contribution >= 4 is 76.0 Å². The van der Waals surface area contributed by atoms with E-state index in [1.807, 2.05) is 24.4 Å². The van der Waals surface area contributed by atoms with Crippen LogP contribution < -0.4 is 10.6 Å². The molecule has 0 unspecified atom stereocenters. The zero-order valence-corrected chi connectivity index (χ0v) is 19.4. The van der Waals surface area contributed by atoms with Gasteiger partial charge in [-0.25, -0.2) is 15.0 Å². The highest BCUT2D eigenvalue weighted by atomic mass is 35.5. The number of anilines is 3. The predicted molar refractivity (Wildman–Crippen MR) is 131 cm³/mol. The number of aryl methyl sites for hydroxylation is 1. The molecule has 4 rings (SSSR count). The molecule has 0 saturated carbocycles. The van der Waals surface area contributed by atoms with Gasteiger partial charge >= 0.3 is 0 Å². The molecule has 10 heteroatoms. The van der Waals surface area contributed by atoms with Crippen LogP contribution >= 0.6 is 59.9 Å². The molecule has 5 nitrogen and oxygen atoms in total. The van der Waals surface area contributed by atoms with Crippen molar-refractivity contribution in [1.82, 2.24) is 15.0 Å². The Labute approximate surface area is 196 Å². The predicted octanol–water partition coefficient (Wildman–Crippen LogP) is 6.59. The number of nitrogens with one attached hydrogen (secondary N) is 2. The van der Waals surface area contributed by atoms with Gasteiger partial charge in [0.2, 0.25) is 0 Å². The number of rotatable bonds is 6. The molecule has 0 fully saturated rings. The van der Waals surface area contributed by atoms with E-state index in [4.69, 9.17) is 0 Å². The second-order valence-electron chi connectivity index (χ2n) is 5.73. The monoisotopic (exact) mass is 487 g/mol. The Morgan fingerprint density at radius 2 is 1.72 bits per heavy atom. The van der Waals surface area contributed by atoms with Crippen LogP contribution in [0.1, 0.15) is 10.4 Å². The zero-order chi connectivity index (χ0) is 17.8. The summed E-state index contributed by atoms with van der Waals surface area (Å²) in [7, 11) is 0. The van der Waals surface area contributed by atoms with Crippen LogP contribution in [0.15, 0.2) is 60.2 Å². The number of hydrogen-bond acceptors (Lipinski definition) is 7. The summed E-state index contributed by atoms with van der Waals surface area (Å²) in [5.41, 5.74) is 3.39. The van der Waals surface area contributed by atoms with E-state index < -0.39 is 0 Å². The highest BCUT2D eigenvalue weighted by molar-refractivity contribution is 7.15. The Morgan fingerprint density at radius 1 is 0.931 bits per heavy atom. The van der Waals surface area contributed by atoms with Crippen molar-refractivity contribution in [3.8, 4) is 11.3 Å². The summed E-state index contributed by atoms with van der Waals surface area (Å²) in [6.07, 6.45) is 3.63. The third-order valence-corrected chi connectivity index (χ3v) is 5.43. The molecule has 1 aromatic carbocycles. The van der Waals surface area contributed by atoms with Crippen molar-refractivity contribution in [3.63, 3.8) is 0 Å². The number of pyridine rings is 1. The standard InChI is InChI=1S/C19H17N5S2.3ClH/c1-13-5-7-14(8-6-13)16-12-25-18(23-16)21-10-15-11-22-19(26-15)24-17-4-2-3-9-20-17;;;/h2-9,11-12H,10H2,1H3,(H,21,23)(H,20,22,24);3*1H. The van der Waals surface area contributed by atoms with E-state index in [2.05, 4.69) is 62.2 Å². The van der Waals surface area contributed by atoms with Gasteiger partial charge in [0.1, 0.15) is 5.82 Å². The van der Waals surface area contributed by atoms with E-state index in [9.17, 15) is 0 Å². The van der Waals surface area contributed by atoms with Gasteiger partial charge < -0.3 is 10.6 Å². The number of thiazole rings is 2. The first-order chi connectivity index (χ1) is 12.8. The zero-order valence-electron chi connectivity index (χ0n) is 15.4. The second kappa shape index (κ2) is 11.9. The van der Waals surface area contributed by atoms with Crippen molar-refractivity contribution in [1.29, 1.82) is 0 Å². The average Bonchev–Trinajstić information content (AvgIpc) is 3.31. The Morgan fingerprint density at radius 3 is 2.45 bits per heavy atom. The topological polar surface area (TPSA) is 62.7 Å². The smallest absolute Gasteiger partial charge is 0.188 e. The molecule has 0 radical (unpaired) electrons. The van der Waals surface area contributed by atoms with Gasteiger partial charge in [0.25, 0.3) is 0 Å². The lowest BCUT2D eigenvalue weighted by Gasteiger charge is -2.00. The van der Waals surface area contributed by atoms with E-state index in [0.29, 0.717) is 6.54 Å². The summed E-state index contributed by atoms with van der Waals surface area (Å²) in [6, 6.07) is 14.2. The van der Waals surface area contributed by atoms with E-state index in [0.717, 1.165) is 32.2 Å². The molecule has 0 aliphatic carbocycles. The Bertz CT molecular complexity index is 991. The number of hydrogen-bond donors (Lipinski definition) is 2. The first-order valence-corrected chi connectivity index (χ1v) is 9.85. The molecule has 0 aliphatic heterocycles. The van der Waals surface area contributed by atoms with Gasteiger partial charge in [-0.15, -0.1) is 48.6 Å². The summed E-state index contributed by atoms with van der Waals surface area (Å²) < 4.78 is 0. The van der Waals surface area contributed by atoms with E-state index in [-0.39, 0.29) is 37.2 Å². The molecule has 0 bridgehead atoms. The van der Waals surface area contributed by atoms with Gasteiger partial charge in [0.05, 0.1) is 12.2 Å². The minimum atomic E-state index is 0. The summed E-state index contributed by atoms with van der Waals surface area (Å²) >= 11 is 3.22. The highest BCUT2D eigenvalue weighted by Gasteiger charge is 2.06. The number of nitrogens with zero attached hydrogens (tertiary/aromatic N) is 3. The van der Waals surface area contributed by atoms with Crippen LogP contribution in [0.3, 0.4) is 0 Å². The maximum Gasteiger partial charge on any atom is 0.188 e. The molecule has 0 aliphatic rings. The van der Waals surface area contributed by atoms with Gasteiger partial charge in [-0.2, -0.15) is 0 Å². The lowest BCUT2D eigenvalue weighted by molar-refractivity contribution is 1.16. The second-order valence-corrected chi connectivity index (χ2v) is 7.70. The van der Waals surface area contributed by atoms with E-state index in [1.54, 1.807) is 28.9 Å². The fraction of sp³-hybridized carbons (Fsp3) is 0.105. The van der Waals surface area contributed by atoms with Gasteiger partial charge in [-0.1, -0.05) is 47.2 Å². The molecule has 29 heavy (non-hydrogen) atoms. The van der Waals surface area contributed by atoms with Crippen molar-refractivity contribution in [3.05, 3.63) is 70.7 Å². The molecule has 3 heterocycles.